The molecule has 18 heavy (non-hydrogen) atoms. The van der Waals surface area contributed by atoms with Crippen LogP contribution in [0.3, 0.4) is 0 Å². The van der Waals surface area contributed by atoms with Crippen LogP contribution in [0.2, 0.25) is 15.1 Å². The number of nitrogens with one attached hydrogen (secondary N) is 1. The van der Waals surface area contributed by atoms with Gasteiger partial charge < -0.3 is 4.74 Å². The third kappa shape index (κ3) is 4.21. The Hall–Kier alpha value is -0.680. The van der Waals surface area contributed by atoms with E-state index in [0.29, 0.717) is 10.7 Å². The molecular formula is C10H8Cl4N2O2. The second-order valence-corrected chi connectivity index (χ2v) is 4.59. The van der Waals surface area contributed by atoms with E-state index in [1.807, 2.05) is 0 Å². The van der Waals surface area contributed by atoms with Gasteiger partial charge in [-0.2, -0.15) is 5.10 Å². The van der Waals surface area contributed by atoms with Crippen LogP contribution in [0.5, 0.6) is 0 Å². The van der Waals surface area contributed by atoms with Crippen LogP contribution in [-0.4, -0.2) is 17.7 Å². The number of halogens is 4. The maximum atomic E-state index is 11.2. The number of hydrogen-bond acceptors (Lipinski definition) is 4. The monoisotopic (exact) mass is 328 g/mol. The second kappa shape index (κ2) is 7.04. The van der Waals surface area contributed by atoms with E-state index in [0.717, 1.165) is 0 Å². The molecule has 1 aromatic rings. The summed E-state index contributed by atoms with van der Waals surface area (Å²) >= 11 is 23.1. The molecule has 0 saturated heterocycles. The predicted octanol–water partition coefficient (Wildman–Crippen LogP) is 4.17. The molecule has 0 aromatic heterocycles. The van der Waals surface area contributed by atoms with E-state index >= 15 is 0 Å². The van der Waals surface area contributed by atoms with Crippen molar-refractivity contribution in [1.82, 2.24) is 0 Å². The standard InChI is InChI=1S/C10H8Cl4N2O2/c1-2-18-10(17)9(14)16-15-8-6(12)3-5(11)4-7(8)13/h3-4,15H,2H2,1H3. The fraction of sp³-hybridized carbons (Fsp3) is 0.200. The third-order valence-corrected chi connectivity index (χ3v) is 2.77. The number of carbonyl (C=O) groups is 1. The molecule has 0 aliphatic heterocycles. The summed E-state index contributed by atoms with van der Waals surface area (Å²) in [5, 5.41) is 4.14. The molecule has 0 aliphatic rings. The largest absolute Gasteiger partial charge is 0.461 e. The fourth-order valence-electron chi connectivity index (χ4n) is 0.990. The fourth-order valence-corrected chi connectivity index (χ4v) is 1.99. The molecule has 0 spiro atoms. The quantitative estimate of drug-likeness (QED) is 0.512. The lowest BCUT2D eigenvalue weighted by Crippen LogP contribution is -2.13. The van der Waals surface area contributed by atoms with Gasteiger partial charge in [0.15, 0.2) is 0 Å². The Balaban J connectivity index is 2.86. The number of carbonyl (C=O) groups excluding carboxylic acids is 1. The van der Waals surface area contributed by atoms with Crippen LogP contribution in [0.1, 0.15) is 6.92 Å². The molecule has 0 heterocycles. The normalized spacial score (nSPS) is 11.3. The van der Waals surface area contributed by atoms with Gasteiger partial charge in [-0.15, -0.1) is 0 Å². The Kier molecular flexibility index (Phi) is 6.02. The molecule has 8 heteroatoms. The smallest absolute Gasteiger partial charge is 0.370 e. The van der Waals surface area contributed by atoms with Crippen LogP contribution < -0.4 is 5.43 Å². The minimum atomic E-state index is -0.743. The zero-order valence-corrected chi connectivity index (χ0v) is 12.2. The zero-order chi connectivity index (χ0) is 13.7. The highest BCUT2D eigenvalue weighted by Gasteiger charge is 2.11. The summed E-state index contributed by atoms with van der Waals surface area (Å²) in [6.07, 6.45) is 0. The van der Waals surface area contributed by atoms with E-state index in [1.165, 1.54) is 12.1 Å². The number of hydrogen-bond donors (Lipinski definition) is 1. The van der Waals surface area contributed by atoms with E-state index in [-0.39, 0.29) is 21.8 Å². The Morgan fingerprint density at radius 3 is 2.39 bits per heavy atom. The first-order chi connectivity index (χ1) is 8.45. The van der Waals surface area contributed by atoms with Gasteiger partial charge in [-0.3, -0.25) is 5.43 Å². The summed E-state index contributed by atoms with van der Waals surface area (Å²) in [4.78, 5) is 11.2. The van der Waals surface area contributed by atoms with Crippen LogP contribution in [0.4, 0.5) is 5.69 Å². The van der Waals surface area contributed by atoms with Gasteiger partial charge in [0.05, 0.1) is 22.3 Å². The van der Waals surface area contributed by atoms with Gasteiger partial charge in [0, 0.05) is 5.02 Å². The number of nitrogens with zero attached hydrogens (tertiary/aromatic N) is 1. The second-order valence-electron chi connectivity index (χ2n) is 2.98. The van der Waals surface area contributed by atoms with Gasteiger partial charge in [-0.1, -0.05) is 46.4 Å². The molecule has 0 aliphatic carbocycles. The zero-order valence-electron chi connectivity index (χ0n) is 9.14. The topological polar surface area (TPSA) is 50.7 Å². The summed E-state index contributed by atoms with van der Waals surface area (Å²) in [5.74, 6) is -0.743. The van der Waals surface area contributed by atoms with Gasteiger partial charge in [-0.25, -0.2) is 4.79 Å². The molecule has 0 atom stereocenters. The van der Waals surface area contributed by atoms with Gasteiger partial charge >= 0.3 is 5.97 Å². The van der Waals surface area contributed by atoms with Crippen molar-refractivity contribution in [2.75, 3.05) is 12.0 Å². The molecule has 0 unspecified atom stereocenters. The van der Waals surface area contributed by atoms with E-state index in [4.69, 9.17) is 46.4 Å². The van der Waals surface area contributed by atoms with Gasteiger partial charge in [0.1, 0.15) is 0 Å². The highest BCUT2D eigenvalue weighted by atomic mass is 35.5. The van der Waals surface area contributed by atoms with Crippen molar-refractivity contribution in [3.05, 3.63) is 27.2 Å². The van der Waals surface area contributed by atoms with Crippen LogP contribution in [0, 0.1) is 0 Å². The molecule has 1 aromatic carbocycles. The summed E-state index contributed by atoms with van der Waals surface area (Å²) in [5.41, 5.74) is 2.78. The number of anilines is 1. The van der Waals surface area contributed by atoms with Crippen molar-refractivity contribution in [2.45, 2.75) is 6.92 Å². The van der Waals surface area contributed by atoms with Crippen molar-refractivity contribution in [2.24, 2.45) is 5.10 Å². The van der Waals surface area contributed by atoms with Gasteiger partial charge in [0.25, 0.3) is 0 Å². The Labute approximate surface area is 124 Å². The molecular weight excluding hydrogens is 322 g/mol. The summed E-state index contributed by atoms with van der Waals surface area (Å²) in [6, 6.07) is 2.95. The molecule has 0 radical (unpaired) electrons. The van der Waals surface area contributed by atoms with Crippen LogP contribution in [0.15, 0.2) is 17.2 Å². The molecule has 1 N–H and O–H groups in total. The number of rotatable bonds is 4. The number of ether oxygens (including phenoxy) is 1. The third-order valence-electron chi connectivity index (χ3n) is 1.72. The molecule has 0 fully saturated rings. The lowest BCUT2D eigenvalue weighted by Gasteiger charge is -2.07. The van der Waals surface area contributed by atoms with Crippen LogP contribution in [0.25, 0.3) is 0 Å². The van der Waals surface area contributed by atoms with E-state index in [9.17, 15) is 4.79 Å². The Morgan fingerprint density at radius 1 is 1.33 bits per heavy atom. The molecule has 0 amide bonds. The first-order valence-corrected chi connectivity index (χ1v) is 6.27. The van der Waals surface area contributed by atoms with Crippen molar-refractivity contribution in [1.29, 1.82) is 0 Å². The lowest BCUT2D eigenvalue weighted by molar-refractivity contribution is -0.134. The predicted molar refractivity (Wildman–Crippen MR) is 75.0 cm³/mol. The lowest BCUT2D eigenvalue weighted by atomic mass is 10.3. The van der Waals surface area contributed by atoms with Crippen LogP contribution in [-0.2, 0) is 9.53 Å². The summed E-state index contributed by atoms with van der Waals surface area (Å²) in [7, 11) is 0. The first-order valence-electron chi connectivity index (χ1n) is 4.76. The highest BCUT2D eigenvalue weighted by molar-refractivity contribution is 6.82. The number of esters is 1. The average Bonchev–Trinajstić information content (AvgIpc) is 2.27. The Bertz CT molecular complexity index is 468. The highest BCUT2D eigenvalue weighted by Crippen LogP contribution is 2.33. The summed E-state index contributed by atoms with van der Waals surface area (Å²) < 4.78 is 4.64. The van der Waals surface area contributed by atoms with Crippen LogP contribution >= 0.6 is 46.4 Å². The first kappa shape index (κ1) is 15.4. The molecule has 4 nitrogen and oxygen atoms in total. The van der Waals surface area contributed by atoms with E-state index in [2.05, 4.69) is 15.3 Å². The SMILES string of the molecule is CCOC(=O)C(Cl)=NNc1c(Cl)cc(Cl)cc1Cl. The van der Waals surface area contributed by atoms with E-state index < -0.39 is 5.97 Å². The molecule has 1 rings (SSSR count). The Morgan fingerprint density at radius 2 is 1.89 bits per heavy atom. The maximum absolute atomic E-state index is 11.2. The maximum Gasteiger partial charge on any atom is 0.370 e. The summed E-state index contributed by atoms with van der Waals surface area (Å²) in [6.45, 7) is 1.86. The van der Waals surface area contributed by atoms with Crippen molar-refractivity contribution in [3.63, 3.8) is 0 Å². The minimum absolute atomic E-state index is 0.201. The van der Waals surface area contributed by atoms with Crippen molar-refractivity contribution < 1.29 is 9.53 Å². The number of hydrazone groups is 1. The molecule has 0 bridgehead atoms. The van der Waals surface area contributed by atoms with Gasteiger partial charge in [-0.05, 0) is 19.1 Å². The minimum Gasteiger partial charge on any atom is -0.461 e. The van der Waals surface area contributed by atoms with Gasteiger partial charge in [0.2, 0.25) is 5.17 Å². The van der Waals surface area contributed by atoms with E-state index in [1.54, 1.807) is 6.92 Å². The number of benzene rings is 1. The van der Waals surface area contributed by atoms with Crippen molar-refractivity contribution in [3.8, 4) is 0 Å². The molecule has 98 valence electrons. The van der Waals surface area contributed by atoms with Crippen molar-refractivity contribution >= 4 is 63.2 Å². The molecule has 0 saturated carbocycles. The average molecular weight is 330 g/mol.